The van der Waals surface area contributed by atoms with Crippen molar-refractivity contribution in [2.45, 2.75) is 25.7 Å². The maximum Gasteiger partial charge on any atom is 0.387 e. The first-order valence-corrected chi connectivity index (χ1v) is 5.56. The molecule has 2 atom stereocenters. The smallest absolute Gasteiger partial charge is 0.387 e. The van der Waals surface area contributed by atoms with Crippen molar-refractivity contribution in [1.29, 1.82) is 0 Å². The molecule has 4 nitrogen and oxygen atoms in total. The molecule has 0 aliphatic rings. The van der Waals surface area contributed by atoms with Gasteiger partial charge in [0.15, 0.2) is 0 Å². The highest BCUT2D eigenvalue weighted by Gasteiger charge is 2.27. The van der Waals surface area contributed by atoms with E-state index in [0.717, 1.165) is 0 Å². The lowest BCUT2D eigenvalue weighted by atomic mass is 10.0. The minimum absolute atomic E-state index is 0.0487. The number of carbonyl (C=O) groups is 1. The summed E-state index contributed by atoms with van der Waals surface area (Å²) in [5.74, 6) is -1.12. The Morgan fingerprint density at radius 1 is 1.26 bits per heavy atom. The summed E-state index contributed by atoms with van der Waals surface area (Å²) in [6.45, 7) is -1.34. The van der Waals surface area contributed by atoms with Gasteiger partial charge >= 0.3 is 12.6 Å². The Morgan fingerprint density at radius 2 is 1.84 bits per heavy atom. The van der Waals surface area contributed by atoms with Crippen molar-refractivity contribution in [2.24, 2.45) is 5.73 Å². The fourth-order valence-corrected chi connectivity index (χ4v) is 1.41. The van der Waals surface area contributed by atoms with Crippen LogP contribution < -0.4 is 10.5 Å². The largest absolute Gasteiger partial charge is 0.464 e. The Balaban J connectivity index is 2.71. The van der Waals surface area contributed by atoms with Crippen molar-refractivity contribution >= 4 is 5.97 Å². The van der Waals surface area contributed by atoms with Crippen LogP contribution in [0, 0.1) is 0 Å². The van der Waals surface area contributed by atoms with Gasteiger partial charge in [-0.2, -0.15) is 8.78 Å². The van der Waals surface area contributed by atoms with Gasteiger partial charge in [-0.3, -0.25) is 0 Å². The molecule has 0 bridgehead atoms. The molecule has 0 aromatic heterocycles. The molecule has 1 aromatic carbocycles. The SMILES string of the molecule is CCOC(=O)C(F)[C@@H](N)c1ccc(OC(F)F)cc1. The molecular weight excluding hydrogens is 263 g/mol. The Hall–Kier alpha value is -1.76. The fourth-order valence-electron chi connectivity index (χ4n) is 1.41. The zero-order chi connectivity index (χ0) is 14.4. The van der Waals surface area contributed by atoms with Crippen molar-refractivity contribution in [3.05, 3.63) is 29.8 Å². The summed E-state index contributed by atoms with van der Waals surface area (Å²) < 4.78 is 46.1. The molecule has 19 heavy (non-hydrogen) atoms. The molecule has 0 heterocycles. The number of nitrogens with two attached hydrogens (primary N) is 1. The van der Waals surface area contributed by atoms with Crippen molar-refractivity contribution in [3.63, 3.8) is 0 Å². The summed E-state index contributed by atoms with van der Waals surface area (Å²) in [4.78, 5) is 11.2. The quantitative estimate of drug-likeness (QED) is 0.810. The van der Waals surface area contributed by atoms with Crippen LogP contribution in [0.2, 0.25) is 0 Å². The summed E-state index contributed by atoms with van der Waals surface area (Å²) in [5.41, 5.74) is 5.84. The molecule has 1 rings (SSSR count). The van der Waals surface area contributed by atoms with Crippen LogP contribution >= 0.6 is 0 Å². The number of esters is 1. The van der Waals surface area contributed by atoms with E-state index in [-0.39, 0.29) is 17.9 Å². The minimum atomic E-state index is -2.94. The van der Waals surface area contributed by atoms with E-state index in [9.17, 15) is 18.0 Å². The average Bonchev–Trinajstić information content (AvgIpc) is 2.37. The van der Waals surface area contributed by atoms with Crippen molar-refractivity contribution < 1.29 is 27.4 Å². The molecule has 0 aliphatic heterocycles. The third kappa shape index (κ3) is 4.44. The van der Waals surface area contributed by atoms with Gasteiger partial charge in [0.1, 0.15) is 5.75 Å². The lowest BCUT2D eigenvalue weighted by Gasteiger charge is -2.16. The third-order valence-corrected chi connectivity index (χ3v) is 2.32. The van der Waals surface area contributed by atoms with Gasteiger partial charge in [-0.05, 0) is 24.6 Å². The van der Waals surface area contributed by atoms with Crippen LogP contribution in [0.3, 0.4) is 0 Å². The number of halogens is 3. The second-order valence-corrected chi connectivity index (χ2v) is 3.63. The van der Waals surface area contributed by atoms with Gasteiger partial charge in [0.25, 0.3) is 0 Å². The summed E-state index contributed by atoms with van der Waals surface area (Å²) in [6.07, 6.45) is -2.01. The lowest BCUT2D eigenvalue weighted by molar-refractivity contribution is -0.149. The number of rotatable bonds is 6. The van der Waals surface area contributed by atoms with Crippen molar-refractivity contribution in [1.82, 2.24) is 0 Å². The maximum atomic E-state index is 13.6. The van der Waals surface area contributed by atoms with Gasteiger partial charge in [-0.15, -0.1) is 0 Å². The van der Waals surface area contributed by atoms with Gasteiger partial charge in [-0.25, -0.2) is 9.18 Å². The summed E-state index contributed by atoms with van der Waals surface area (Å²) in [7, 11) is 0. The predicted molar refractivity (Wildman–Crippen MR) is 61.5 cm³/mol. The molecule has 7 heteroatoms. The molecule has 2 N–H and O–H groups in total. The average molecular weight is 277 g/mol. The van der Waals surface area contributed by atoms with Gasteiger partial charge in [0.2, 0.25) is 6.17 Å². The predicted octanol–water partition coefficient (Wildman–Crippen LogP) is 2.19. The monoisotopic (exact) mass is 277 g/mol. The summed E-state index contributed by atoms with van der Waals surface area (Å²) in [5, 5.41) is 0. The molecule has 0 saturated carbocycles. The molecular formula is C12H14F3NO3. The molecule has 1 aromatic rings. The molecule has 0 aliphatic carbocycles. The second kappa shape index (κ2) is 6.98. The molecule has 0 radical (unpaired) electrons. The van der Waals surface area contributed by atoms with Gasteiger partial charge in [0.05, 0.1) is 12.6 Å². The molecule has 1 unspecified atom stereocenters. The zero-order valence-corrected chi connectivity index (χ0v) is 10.2. The first-order chi connectivity index (χ1) is 8.95. The van der Waals surface area contributed by atoms with Crippen molar-refractivity contribution in [3.8, 4) is 5.75 Å². The van der Waals surface area contributed by atoms with Gasteiger partial charge in [-0.1, -0.05) is 12.1 Å². The number of ether oxygens (including phenoxy) is 2. The van der Waals surface area contributed by atoms with E-state index in [4.69, 9.17) is 5.73 Å². The highest BCUT2D eigenvalue weighted by atomic mass is 19.3. The molecule has 106 valence electrons. The van der Waals surface area contributed by atoms with Crippen LogP contribution in [0.5, 0.6) is 5.75 Å². The summed E-state index contributed by atoms with van der Waals surface area (Å²) >= 11 is 0. The molecule has 0 spiro atoms. The van der Waals surface area contributed by atoms with Gasteiger partial charge in [0, 0.05) is 0 Å². The van der Waals surface area contributed by atoms with E-state index in [1.165, 1.54) is 24.3 Å². The highest BCUT2D eigenvalue weighted by Crippen LogP contribution is 2.22. The molecule has 0 saturated heterocycles. The number of benzene rings is 1. The third-order valence-electron chi connectivity index (χ3n) is 2.32. The zero-order valence-electron chi connectivity index (χ0n) is 10.2. The van der Waals surface area contributed by atoms with Gasteiger partial charge < -0.3 is 15.2 Å². The van der Waals surface area contributed by atoms with Crippen LogP contribution in [-0.2, 0) is 9.53 Å². The normalized spacial score (nSPS) is 14.0. The van der Waals surface area contributed by atoms with Crippen LogP contribution in [0.25, 0.3) is 0 Å². The Morgan fingerprint density at radius 3 is 2.32 bits per heavy atom. The second-order valence-electron chi connectivity index (χ2n) is 3.63. The van der Waals surface area contributed by atoms with E-state index < -0.39 is 24.8 Å². The van der Waals surface area contributed by atoms with E-state index in [2.05, 4.69) is 9.47 Å². The minimum Gasteiger partial charge on any atom is -0.464 e. The van der Waals surface area contributed by atoms with Crippen LogP contribution in [0.15, 0.2) is 24.3 Å². The highest BCUT2D eigenvalue weighted by molar-refractivity contribution is 5.75. The fraction of sp³-hybridized carbons (Fsp3) is 0.417. The Kier molecular flexibility index (Phi) is 5.62. The molecule has 0 amide bonds. The van der Waals surface area contributed by atoms with E-state index in [1.54, 1.807) is 6.92 Å². The number of alkyl halides is 3. The topological polar surface area (TPSA) is 61.5 Å². The van der Waals surface area contributed by atoms with Crippen molar-refractivity contribution in [2.75, 3.05) is 6.61 Å². The van der Waals surface area contributed by atoms with Crippen LogP contribution in [0.1, 0.15) is 18.5 Å². The Bertz CT molecular complexity index is 411. The van der Waals surface area contributed by atoms with Crippen LogP contribution in [0.4, 0.5) is 13.2 Å². The number of hydrogen-bond donors (Lipinski definition) is 1. The summed E-state index contributed by atoms with van der Waals surface area (Å²) in [6, 6.07) is 3.85. The number of hydrogen-bond acceptors (Lipinski definition) is 4. The van der Waals surface area contributed by atoms with E-state index in [0.29, 0.717) is 0 Å². The molecule has 0 fully saturated rings. The standard InChI is InChI=1S/C12H14F3NO3/c1-2-18-11(17)9(13)10(16)7-3-5-8(6-4-7)19-12(14)15/h3-6,9-10,12H,2,16H2,1H3/t9?,10-/m0/s1. The van der Waals surface area contributed by atoms with E-state index in [1.807, 2.05) is 0 Å². The maximum absolute atomic E-state index is 13.6. The lowest BCUT2D eigenvalue weighted by Crippen LogP contribution is -2.31. The van der Waals surface area contributed by atoms with E-state index >= 15 is 0 Å². The first-order valence-electron chi connectivity index (χ1n) is 5.56. The van der Waals surface area contributed by atoms with Crippen LogP contribution in [-0.4, -0.2) is 25.4 Å². The number of carbonyl (C=O) groups excluding carboxylic acids is 1. The Labute approximate surface area is 108 Å². The first kappa shape index (κ1) is 15.3.